The first-order valence-electron chi connectivity index (χ1n) is 7.36. The molecule has 2 rings (SSSR count). The Morgan fingerprint density at radius 3 is 2.43 bits per heavy atom. The first-order chi connectivity index (χ1) is 10.1. The average molecular weight is 292 g/mol. The van der Waals surface area contributed by atoms with Crippen molar-refractivity contribution in [1.82, 2.24) is 5.32 Å². The van der Waals surface area contributed by atoms with E-state index < -0.39 is 10.8 Å². The molecule has 1 aromatic rings. The molecule has 1 aliphatic rings. The lowest BCUT2D eigenvalue weighted by atomic mass is 9.96. The molecule has 0 bridgehead atoms. The number of carbonyl (C=O) groups excluding carboxylic acids is 1. The zero-order valence-corrected chi connectivity index (χ0v) is 11.9. The number of nitrogens with one attached hydrogen (secondary N) is 1. The highest BCUT2D eigenvalue weighted by molar-refractivity contribution is 5.98. The lowest BCUT2D eigenvalue weighted by Crippen LogP contribution is -2.35. The fourth-order valence-electron chi connectivity index (χ4n) is 2.73. The normalized spacial score (nSPS) is 16.8. The maximum atomic E-state index is 12.3. The summed E-state index contributed by atoms with van der Waals surface area (Å²) in [5.41, 5.74) is -0.363. The maximum absolute atomic E-state index is 12.3. The van der Waals surface area contributed by atoms with Gasteiger partial charge in [-0.2, -0.15) is 0 Å². The Hall–Kier alpha value is -2.11. The van der Waals surface area contributed by atoms with E-state index in [1.165, 1.54) is 25.3 Å². The number of rotatable bonds is 3. The van der Waals surface area contributed by atoms with Gasteiger partial charge in [-0.25, -0.2) is 0 Å². The molecular formula is C15H20N2O4. The number of phenols is 1. The van der Waals surface area contributed by atoms with Crippen LogP contribution in [0.4, 0.5) is 5.69 Å². The van der Waals surface area contributed by atoms with Crippen LogP contribution in [-0.4, -0.2) is 22.0 Å². The third-order valence-electron chi connectivity index (χ3n) is 3.86. The largest absolute Gasteiger partial charge is 0.508 e. The molecule has 6 heteroatoms. The fourth-order valence-corrected chi connectivity index (χ4v) is 2.73. The first kappa shape index (κ1) is 15.3. The van der Waals surface area contributed by atoms with E-state index in [4.69, 9.17) is 0 Å². The Morgan fingerprint density at radius 2 is 1.81 bits per heavy atom. The minimum Gasteiger partial charge on any atom is -0.508 e. The van der Waals surface area contributed by atoms with Crippen molar-refractivity contribution in [3.63, 3.8) is 0 Å². The van der Waals surface area contributed by atoms with Gasteiger partial charge < -0.3 is 10.4 Å². The minimum absolute atomic E-state index is 0.0553. The highest BCUT2D eigenvalue weighted by atomic mass is 16.6. The van der Waals surface area contributed by atoms with Crippen molar-refractivity contribution < 1.29 is 14.8 Å². The van der Waals surface area contributed by atoms with Gasteiger partial charge in [0.25, 0.3) is 11.6 Å². The van der Waals surface area contributed by atoms with Crippen LogP contribution in [0.2, 0.25) is 0 Å². The first-order valence-corrected chi connectivity index (χ1v) is 7.36. The third kappa shape index (κ3) is 4.18. The van der Waals surface area contributed by atoms with E-state index in [0.29, 0.717) is 0 Å². The molecule has 1 saturated carbocycles. The maximum Gasteiger partial charge on any atom is 0.282 e. The number of benzene rings is 1. The van der Waals surface area contributed by atoms with Gasteiger partial charge in [-0.05, 0) is 25.0 Å². The summed E-state index contributed by atoms with van der Waals surface area (Å²) in [4.78, 5) is 22.6. The van der Waals surface area contributed by atoms with E-state index in [2.05, 4.69) is 5.32 Å². The predicted molar refractivity (Wildman–Crippen MR) is 78.3 cm³/mol. The summed E-state index contributed by atoms with van der Waals surface area (Å²) in [5.74, 6) is -0.633. The summed E-state index contributed by atoms with van der Waals surface area (Å²) in [6.07, 6.45) is 7.49. The number of nitro groups is 1. The molecule has 0 spiro atoms. The molecule has 21 heavy (non-hydrogen) atoms. The molecule has 0 radical (unpaired) electrons. The van der Waals surface area contributed by atoms with Crippen LogP contribution < -0.4 is 5.32 Å². The quantitative estimate of drug-likeness (QED) is 0.661. The molecule has 0 unspecified atom stereocenters. The Bertz CT molecular complexity index is 522. The van der Waals surface area contributed by atoms with Crippen molar-refractivity contribution >= 4 is 11.6 Å². The summed E-state index contributed by atoms with van der Waals surface area (Å²) in [5, 5.41) is 23.3. The molecule has 1 aliphatic carbocycles. The Kier molecular flexibility index (Phi) is 5.14. The third-order valence-corrected chi connectivity index (χ3v) is 3.86. The Labute approximate surface area is 123 Å². The van der Waals surface area contributed by atoms with E-state index in [1.54, 1.807) is 0 Å². The monoisotopic (exact) mass is 292 g/mol. The zero-order chi connectivity index (χ0) is 15.2. The van der Waals surface area contributed by atoms with Crippen LogP contribution in [0, 0.1) is 10.1 Å². The molecule has 114 valence electrons. The van der Waals surface area contributed by atoms with Crippen LogP contribution >= 0.6 is 0 Å². The minimum atomic E-state index is -0.605. The molecule has 6 nitrogen and oxygen atoms in total. The summed E-state index contributed by atoms with van der Waals surface area (Å²) >= 11 is 0. The van der Waals surface area contributed by atoms with Crippen molar-refractivity contribution in [3.05, 3.63) is 33.9 Å². The number of aromatic hydroxyl groups is 1. The van der Waals surface area contributed by atoms with E-state index in [-0.39, 0.29) is 23.0 Å². The Morgan fingerprint density at radius 1 is 1.19 bits per heavy atom. The van der Waals surface area contributed by atoms with E-state index in [9.17, 15) is 20.0 Å². The molecule has 1 aromatic carbocycles. The number of hydrogen-bond acceptors (Lipinski definition) is 4. The van der Waals surface area contributed by atoms with Gasteiger partial charge in [0.1, 0.15) is 11.3 Å². The lowest BCUT2D eigenvalue weighted by Gasteiger charge is -2.21. The number of carbonyl (C=O) groups is 1. The van der Waals surface area contributed by atoms with Gasteiger partial charge in [0.15, 0.2) is 0 Å². The molecule has 1 amide bonds. The number of hydrogen-bond donors (Lipinski definition) is 2. The van der Waals surface area contributed by atoms with E-state index in [0.717, 1.165) is 37.8 Å². The van der Waals surface area contributed by atoms with Crippen molar-refractivity contribution in [2.45, 2.75) is 51.0 Å². The average Bonchev–Trinajstić information content (AvgIpc) is 2.41. The van der Waals surface area contributed by atoms with E-state index >= 15 is 0 Å². The molecule has 0 saturated heterocycles. The summed E-state index contributed by atoms with van der Waals surface area (Å²) in [6.45, 7) is 0. The number of amides is 1. The molecule has 2 N–H and O–H groups in total. The highest BCUT2D eigenvalue weighted by Crippen LogP contribution is 2.24. The summed E-state index contributed by atoms with van der Waals surface area (Å²) in [6, 6.07) is 3.57. The van der Waals surface area contributed by atoms with Gasteiger partial charge in [-0.1, -0.05) is 32.1 Å². The van der Waals surface area contributed by atoms with Gasteiger partial charge >= 0.3 is 0 Å². The molecule has 0 aliphatic heterocycles. The molecule has 1 fully saturated rings. The molecule has 0 atom stereocenters. The highest BCUT2D eigenvalue weighted by Gasteiger charge is 2.23. The number of nitro benzene ring substituents is 1. The summed E-state index contributed by atoms with van der Waals surface area (Å²) in [7, 11) is 0. The predicted octanol–water partition coefficient (Wildman–Crippen LogP) is 3.14. The van der Waals surface area contributed by atoms with Crippen molar-refractivity contribution in [3.8, 4) is 5.75 Å². The van der Waals surface area contributed by atoms with Gasteiger partial charge in [-0.3, -0.25) is 14.9 Å². The van der Waals surface area contributed by atoms with Crippen LogP contribution in [0.25, 0.3) is 0 Å². The SMILES string of the molecule is O=C(NC1CCCCCCC1)c1cc(O)ccc1[N+](=O)[O-]. The van der Waals surface area contributed by atoms with Crippen molar-refractivity contribution in [2.24, 2.45) is 0 Å². The zero-order valence-electron chi connectivity index (χ0n) is 11.9. The molecular weight excluding hydrogens is 272 g/mol. The topological polar surface area (TPSA) is 92.5 Å². The fraction of sp³-hybridized carbons (Fsp3) is 0.533. The Balaban J connectivity index is 2.11. The van der Waals surface area contributed by atoms with Crippen molar-refractivity contribution in [2.75, 3.05) is 0 Å². The number of nitrogens with zero attached hydrogens (tertiary/aromatic N) is 1. The molecule has 0 aromatic heterocycles. The smallest absolute Gasteiger partial charge is 0.282 e. The van der Waals surface area contributed by atoms with Crippen molar-refractivity contribution in [1.29, 1.82) is 0 Å². The van der Waals surface area contributed by atoms with Crippen LogP contribution in [0.1, 0.15) is 55.3 Å². The van der Waals surface area contributed by atoms with Gasteiger partial charge in [0.05, 0.1) is 4.92 Å². The lowest BCUT2D eigenvalue weighted by molar-refractivity contribution is -0.385. The second-order valence-corrected chi connectivity index (χ2v) is 5.47. The second-order valence-electron chi connectivity index (χ2n) is 5.47. The van der Waals surface area contributed by atoms with Gasteiger partial charge in [0.2, 0.25) is 0 Å². The molecule has 0 heterocycles. The number of phenolic OH excluding ortho intramolecular Hbond substituents is 1. The van der Waals surface area contributed by atoms with Crippen LogP contribution in [0.15, 0.2) is 18.2 Å². The standard InChI is InChI=1S/C15H20N2O4/c18-12-8-9-14(17(20)21)13(10-12)15(19)16-11-6-4-2-1-3-5-7-11/h8-11,18H,1-7H2,(H,16,19). The second kappa shape index (κ2) is 7.06. The van der Waals surface area contributed by atoms with Crippen LogP contribution in [0.3, 0.4) is 0 Å². The summed E-state index contributed by atoms with van der Waals surface area (Å²) < 4.78 is 0. The van der Waals surface area contributed by atoms with Gasteiger partial charge in [0, 0.05) is 12.1 Å². The van der Waals surface area contributed by atoms with Gasteiger partial charge in [-0.15, -0.1) is 0 Å². The van der Waals surface area contributed by atoms with E-state index in [1.807, 2.05) is 0 Å². The van der Waals surface area contributed by atoms with Crippen LogP contribution in [-0.2, 0) is 0 Å². The van der Waals surface area contributed by atoms with Crippen LogP contribution in [0.5, 0.6) is 5.75 Å².